The number of rotatable bonds is 7. The Kier molecular flexibility index (Phi) is 6.21. The van der Waals surface area contributed by atoms with Gasteiger partial charge in [-0.15, -0.1) is 0 Å². The van der Waals surface area contributed by atoms with Crippen molar-refractivity contribution in [3.8, 4) is 0 Å². The quantitative estimate of drug-likeness (QED) is 0.663. The Morgan fingerprint density at radius 2 is 1.73 bits per heavy atom. The molecule has 2 atom stereocenters. The summed E-state index contributed by atoms with van der Waals surface area (Å²) in [7, 11) is 0. The molecular formula is C16H26N2O4. The van der Waals surface area contributed by atoms with E-state index in [9.17, 15) is 14.4 Å². The van der Waals surface area contributed by atoms with E-state index >= 15 is 0 Å². The van der Waals surface area contributed by atoms with E-state index in [2.05, 4.69) is 10.6 Å². The van der Waals surface area contributed by atoms with Gasteiger partial charge in [-0.3, -0.25) is 14.4 Å². The number of amides is 2. The van der Waals surface area contributed by atoms with Crippen molar-refractivity contribution >= 4 is 17.8 Å². The van der Waals surface area contributed by atoms with E-state index in [0.29, 0.717) is 31.6 Å². The highest BCUT2D eigenvalue weighted by Crippen LogP contribution is 2.28. The topological polar surface area (TPSA) is 95.5 Å². The minimum Gasteiger partial charge on any atom is -0.481 e. The summed E-state index contributed by atoms with van der Waals surface area (Å²) in [5, 5.41) is 14.4. The second kappa shape index (κ2) is 8.15. The molecule has 0 aromatic carbocycles. The van der Waals surface area contributed by atoms with Gasteiger partial charge < -0.3 is 15.7 Å². The molecule has 0 spiro atoms. The third-order valence-corrected chi connectivity index (χ3v) is 4.85. The summed E-state index contributed by atoms with van der Waals surface area (Å²) in [5.41, 5.74) is 0. The third-order valence-electron chi connectivity index (χ3n) is 4.85. The van der Waals surface area contributed by atoms with Crippen LogP contribution in [0.25, 0.3) is 0 Å². The Morgan fingerprint density at radius 3 is 2.36 bits per heavy atom. The molecule has 6 nitrogen and oxygen atoms in total. The summed E-state index contributed by atoms with van der Waals surface area (Å²) < 4.78 is 0. The average Bonchev–Trinajstić information content (AvgIpc) is 3.14. The Morgan fingerprint density at radius 1 is 1.00 bits per heavy atom. The van der Waals surface area contributed by atoms with Crippen LogP contribution in [0.5, 0.6) is 0 Å². The zero-order chi connectivity index (χ0) is 15.9. The van der Waals surface area contributed by atoms with Gasteiger partial charge in [0.25, 0.3) is 0 Å². The molecule has 2 rings (SSSR count). The van der Waals surface area contributed by atoms with Gasteiger partial charge in [-0.05, 0) is 31.6 Å². The Labute approximate surface area is 131 Å². The number of aliphatic carboxylic acids is 1. The van der Waals surface area contributed by atoms with Gasteiger partial charge in [0.05, 0.1) is 12.5 Å². The second-order valence-electron chi connectivity index (χ2n) is 6.58. The first-order chi connectivity index (χ1) is 10.5. The largest absolute Gasteiger partial charge is 0.481 e. The van der Waals surface area contributed by atoms with Crippen molar-refractivity contribution in [3.63, 3.8) is 0 Å². The molecule has 0 aromatic rings. The number of nitrogens with one attached hydrogen (secondary N) is 2. The minimum absolute atomic E-state index is 0.0161. The monoisotopic (exact) mass is 310 g/mol. The van der Waals surface area contributed by atoms with Crippen LogP contribution < -0.4 is 10.6 Å². The SMILES string of the molecule is O=C(CCC1CCCC1)NCC(=O)N[C@H]1CC[C@@H](C(=O)O)C1. The second-order valence-corrected chi connectivity index (χ2v) is 6.58. The Hall–Kier alpha value is -1.59. The van der Waals surface area contributed by atoms with E-state index in [1.165, 1.54) is 25.7 Å². The average molecular weight is 310 g/mol. The van der Waals surface area contributed by atoms with Gasteiger partial charge in [-0.2, -0.15) is 0 Å². The number of carboxylic acids is 1. The maximum absolute atomic E-state index is 11.8. The van der Waals surface area contributed by atoms with Crippen molar-refractivity contribution in [1.29, 1.82) is 0 Å². The lowest BCUT2D eigenvalue weighted by molar-refractivity contribution is -0.141. The molecule has 2 fully saturated rings. The number of hydrogen-bond donors (Lipinski definition) is 3. The Bertz CT molecular complexity index is 418. The van der Waals surface area contributed by atoms with E-state index < -0.39 is 5.97 Å². The van der Waals surface area contributed by atoms with Crippen LogP contribution in [-0.4, -0.2) is 35.5 Å². The van der Waals surface area contributed by atoms with Crippen LogP contribution in [0.3, 0.4) is 0 Å². The normalized spacial score (nSPS) is 25.1. The highest BCUT2D eigenvalue weighted by Gasteiger charge is 2.30. The molecular weight excluding hydrogens is 284 g/mol. The van der Waals surface area contributed by atoms with Gasteiger partial charge in [-0.25, -0.2) is 0 Å². The molecule has 0 aromatic heterocycles. The summed E-state index contributed by atoms with van der Waals surface area (Å²) >= 11 is 0. The molecule has 124 valence electrons. The van der Waals surface area contributed by atoms with Gasteiger partial charge in [-0.1, -0.05) is 25.7 Å². The van der Waals surface area contributed by atoms with Crippen molar-refractivity contribution in [2.75, 3.05) is 6.54 Å². The van der Waals surface area contributed by atoms with Crippen LogP contribution in [0.15, 0.2) is 0 Å². The fraction of sp³-hybridized carbons (Fsp3) is 0.812. The first kappa shape index (κ1) is 16.8. The van der Waals surface area contributed by atoms with Crippen LogP contribution in [0.1, 0.15) is 57.8 Å². The highest BCUT2D eigenvalue weighted by atomic mass is 16.4. The molecule has 0 saturated heterocycles. The molecule has 0 radical (unpaired) electrons. The standard InChI is InChI=1S/C16H26N2O4/c19-14(8-5-11-3-1-2-4-11)17-10-15(20)18-13-7-6-12(9-13)16(21)22/h11-13H,1-10H2,(H,17,19)(H,18,20)(H,21,22)/t12-,13+/m1/s1. The van der Waals surface area contributed by atoms with Crippen molar-refractivity contribution in [2.24, 2.45) is 11.8 Å². The summed E-state index contributed by atoms with van der Waals surface area (Å²) in [5.74, 6) is -0.781. The molecule has 2 saturated carbocycles. The first-order valence-electron chi connectivity index (χ1n) is 8.33. The predicted octanol–water partition coefficient (Wildman–Crippen LogP) is 1.44. The van der Waals surface area contributed by atoms with Gasteiger partial charge >= 0.3 is 5.97 Å². The van der Waals surface area contributed by atoms with E-state index in [0.717, 1.165) is 6.42 Å². The number of hydrogen-bond acceptors (Lipinski definition) is 3. The van der Waals surface area contributed by atoms with Crippen molar-refractivity contribution in [1.82, 2.24) is 10.6 Å². The molecule has 2 amide bonds. The molecule has 3 N–H and O–H groups in total. The number of carbonyl (C=O) groups excluding carboxylic acids is 2. The van der Waals surface area contributed by atoms with Crippen molar-refractivity contribution in [2.45, 2.75) is 63.8 Å². The fourth-order valence-electron chi connectivity index (χ4n) is 3.52. The summed E-state index contributed by atoms with van der Waals surface area (Å²) in [6, 6.07) is -0.0796. The van der Waals surface area contributed by atoms with Crippen LogP contribution in [0.4, 0.5) is 0 Å². The lowest BCUT2D eigenvalue weighted by Gasteiger charge is -2.13. The molecule has 2 aliphatic carbocycles. The maximum atomic E-state index is 11.8. The van der Waals surface area contributed by atoms with E-state index in [1.54, 1.807) is 0 Å². The van der Waals surface area contributed by atoms with Gasteiger partial charge in [0.15, 0.2) is 0 Å². The maximum Gasteiger partial charge on any atom is 0.306 e. The zero-order valence-electron chi connectivity index (χ0n) is 13.0. The van der Waals surface area contributed by atoms with Crippen LogP contribution >= 0.6 is 0 Å². The van der Waals surface area contributed by atoms with Crippen molar-refractivity contribution < 1.29 is 19.5 Å². The third kappa shape index (κ3) is 5.31. The number of carboxylic acid groups (broad SMARTS) is 1. The summed E-state index contributed by atoms with van der Waals surface area (Å²) in [6.45, 7) is -0.0161. The molecule has 22 heavy (non-hydrogen) atoms. The predicted molar refractivity (Wildman–Crippen MR) is 81.1 cm³/mol. The summed E-state index contributed by atoms with van der Waals surface area (Å²) in [4.78, 5) is 34.3. The highest BCUT2D eigenvalue weighted by molar-refractivity contribution is 5.84. The minimum atomic E-state index is -0.794. The molecule has 0 aliphatic heterocycles. The van der Waals surface area contributed by atoms with E-state index in [1.807, 2.05) is 0 Å². The smallest absolute Gasteiger partial charge is 0.306 e. The molecule has 2 aliphatic rings. The van der Waals surface area contributed by atoms with Crippen LogP contribution in [-0.2, 0) is 14.4 Å². The van der Waals surface area contributed by atoms with Crippen LogP contribution in [0.2, 0.25) is 0 Å². The lowest BCUT2D eigenvalue weighted by Crippen LogP contribution is -2.41. The van der Waals surface area contributed by atoms with E-state index in [4.69, 9.17) is 5.11 Å². The fourth-order valence-corrected chi connectivity index (χ4v) is 3.52. The zero-order valence-corrected chi connectivity index (χ0v) is 13.0. The Balaban J connectivity index is 1.57. The molecule has 6 heteroatoms. The van der Waals surface area contributed by atoms with Crippen molar-refractivity contribution in [3.05, 3.63) is 0 Å². The first-order valence-corrected chi connectivity index (χ1v) is 8.33. The number of carbonyl (C=O) groups is 3. The molecule has 0 bridgehead atoms. The van der Waals surface area contributed by atoms with Gasteiger partial charge in [0.1, 0.15) is 0 Å². The summed E-state index contributed by atoms with van der Waals surface area (Å²) in [6.07, 6.45) is 8.17. The lowest BCUT2D eigenvalue weighted by atomic mass is 10.0. The molecule has 0 unspecified atom stereocenters. The van der Waals surface area contributed by atoms with E-state index in [-0.39, 0.29) is 30.3 Å². The van der Waals surface area contributed by atoms with Crippen LogP contribution in [0, 0.1) is 11.8 Å². The van der Waals surface area contributed by atoms with Gasteiger partial charge in [0.2, 0.25) is 11.8 Å². The molecule has 0 heterocycles. The van der Waals surface area contributed by atoms with Gasteiger partial charge in [0, 0.05) is 12.5 Å².